The van der Waals surface area contributed by atoms with Gasteiger partial charge in [0.1, 0.15) is 6.54 Å². The number of rotatable bonds is 3. The average Bonchev–Trinajstić information content (AvgIpc) is 2.86. The number of anilines is 1. The maximum atomic E-state index is 12.6. The van der Waals surface area contributed by atoms with E-state index in [0.717, 1.165) is 18.2 Å². The van der Waals surface area contributed by atoms with E-state index in [1.165, 1.54) is 23.0 Å². The second kappa shape index (κ2) is 5.66. The summed E-state index contributed by atoms with van der Waals surface area (Å²) in [4.78, 5) is 11.9. The van der Waals surface area contributed by atoms with Crippen molar-refractivity contribution in [3.05, 3.63) is 47.7 Å². The highest BCUT2D eigenvalue weighted by atomic mass is 19.4. The number of halogens is 3. The molecule has 0 fully saturated rings. The van der Waals surface area contributed by atoms with E-state index in [9.17, 15) is 18.0 Å². The molecule has 5 nitrogen and oxygen atoms in total. The van der Waals surface area contributed by atoms with E-state index < -0.39 is 17.6 Å². The second-order valence-corrected chi connectivity index (χ2v) is 4.09. The summed E-state index contributed by atoms with van der Waals surface area (Å²) in [6.07, 6.45) is -3.03. The average molecular weight is 294 g/mol. The first-order valence-corrected chi connectivity index (χ1v) is 5.79. The minimum atomic E-state index is -4.51. The van der Waals surface area contributed by atoms with Crippen molar-refractivity contribution in [3.63, 3.8) is 0 Å². The van der Waals surface area contributed by atoms with E-state index >= 15 is 0 Å². The first kappa shape index (κ1) is 14.6. The van der Waals surface area contributed by atoms with Gasteiger partial charge in [-0.25, -0.2) is 0 Å². The molecule has 21 heavy (non-hydrogen) atoms. The van der Waals surface area contributed by atoms with E-state index in [0.29, 0.717) is 0 Å². The summed E-state index contributed by atoms with van der Waals surface area (Å²) in [5.74, 6) is -0.545. The molecule has 1 N–H and O–H groups in total. The number of benzene rings is 1. The van der Waals surface area contributed by atoms with Crippen LogP contribution in [-0.4, -0.2) is 15.7 Å². The molecule has 1 aromatic heterocycles. The Kier molecular flexibility index (Phi) is 3.93. The fourth-order valence-corrected chi connectivity index (χ4v) is 1.61. The summed E-state index contributed by atoms with van der Waals surface area (Å²) in [7, 11) is 0. The molecule has 0 saturated carbocycles. The van der Waals surface area contributed by atoms with E-state index in [1.807, 2.05) is 6.07 Å². The zero-order valence-corrected chi connectivity index (χ0v) is 10.6. The normalized spacial score (nSPS) is 11.0. The quantitative estimate of drug-likeness (QED) is 0.946. The molecule has 1 aromatic carbocycles. The van der Waals surface area contributed by atoms with Crippen molar-refractivity contribution in [3.8, 4) is 6.07 Å². The molecule has 108 valence electrons. The van der Waals surface area contributed by atoms with Gasteiger partial charge in [-0.05, 0) is 18.2 Å². The summed E-state index contributed by atoms with van der Waals surface area (Å²) in [5.41, 5.74) is -1.02. The summed E-state index contributed by atoms with van der Waals surface area (Å²) >= 11 is 0. The lowest BCUT2D eigenvalue weighted by Gasteiger charge is -2.08. The highest BCUT2D eigenvalue weighted by Gasteiger charge is 2.30. The Morgan fingerprint density at radius 2 is 2.14 bits per heavy atom. The standard InChI is InChI=1S/C13H9F3N4O/c14-13(15,16)10-3-1-2-9(8-10)12(21)18-11-4-6-20(19-11)7-5-17/h1-4,6,8H,7H2,(H,18,19,21). The van der Waals surface area contributed by atoms with Crippen LogP contribution in [0.3, 0.4) is 0 Å². The predicted molar refractivity (Wildman–Crippen MR) is 67.2 cm³/mol. The van der Waals surface area contributed by atoms with Crippen LogP contribution in [0.5, 0.6) is 0 Å². The minimum Gasteiger partial charge on any atom is -0.305 e. The van der Waals surface area contributed by atoms with Gasteiger partial charge in [-0.2, -0.15) is 23.5 Å². The highest BCUT2D eigenvalue weighted by Crippen LogP contribution is 2.29. The van der Waals surface area contributed by atoms with Gasteiger partial charge in [-0.3, -0.25) is 9.48 Å². The molecule has 0 bridgehead atoms. The Bertz CT molecular complexity index is 700. The van der Waals surface area contributed by atoms with E-state index in [-0.39, 0.29) is 17.9 Å². The van der Waals surface area contributed by atoms with Gasteiger partial charge in [0, 0.05) is 17.8 Å². The van der Waals surface area contributed by atoms with Crippen LogP contribution in [0.2, 0.25) is 0 Å². The van der Waals surface area contributed by atoms with Crippen molar-refractivity contribution in [2.45, 2.75) is 12.7 Å². The molecule has 2 aromatic rings. The van der Waals surface area contributed by atoms with Crippen LogP contribution in [0.25, 0.3) is 0 Å². The molecule has 2 rings (SSSR count). The van der Waals surface area contributed by atoms with Crippen molar-refractivity contribution in [1.29, 1.82) is 5.26 Å². The van der Waals surface area contributed by atoms with Crippen molar-refractivity contribution in [2.75, 3.05) is 5.32 Å². The molecule has 0 spiro atoms. The number of nitrogens with one attached hydrogen (secondary N) is 1. The first-order chi connectivity index (χ1) is 9.90. The zero-order chi connectivity index (χ0) is 15.5. The molecular formula is C13H9F3N4O. The van der Waals surface area contributed by atoms with Gasteiger partial charge in [0.15, 0.2) is 5.82 Å². The van der Waals surface area contributed by atoms with E-state index in [4.69, 9.17) is 5.26 Å². The van der Waals surface area contributed by atoms with Crippen molar-refractivity contribution in [2.24, 2.45) is 0 Å². The topological polar surface area (TPSA) is 70.7 Å². The summed E-state index contributed by atoms with van der Waals surface area (Å²) in [6, 6.07) is 7.40. The minimum absolute atomic E-state index is 0.0133. The molecule has 1 heterocycles. The molecule has 0 atom stereocenters. The van der Waals surface area contributed by atoms with Crippen molar-refractivity contribution < 1.29 is 18.0 Å². The van der Waals surface area contributed by atoms with Crippen LogP contribution in [0.4, 0.5) is 19.0 Å². The summed E-state index contributed by atoms with van der Waals surface area (Å²) in [5, 5.41) is 14.7. The molecular weight excluding hydrogens is 285 g/mol. The zero-order valence-electron chi connectivity index (χ0n) is 10.6. The Labute approximate surface area is 117 Å². The van der Waals surface area contributed by atoms with Gasteiger partial charge >= 0.3 is 6.18 Å². The molecule has 0 unspecified atom stereocenters. The fraction of sp³-hybridized carbons (Fsp3) is 0.154. The number of alkyl halides is 3. The number of carbonyl (C=O) groups excluding carboxylic acids is 1. The highest BCUT2D eigenvalue weighted by molar-refractivity contribution is 6.03. The lowest BCUT2D eigenvalue weighted by atomic mass is 10.1. The Morgan fingerprint density at radius 1 is 1.38 bits per heavy atom. The van der Waals surface area contributed by atoms with Crippen LogP contribution in [-0.2, 0) is 12.7 Å². The number of amides is 1. The van der Waals surface area contributed by atoms with Gasteiger partial charge in [0.25, 0.3) is 5.91 Å². The number of hydrogen-bond acceptors (Lipinski definition) is 3. The largest absolute Gasteiger partial charge is 0.416 e. The third-order valence-electron chi connectivity index (χ3n) is 2.57. The lowest BCUT2D eigenvalue weighted by Crippen LogP contribution is -2.14. The van der Waals surface area contributed by atoms with Crippen molar-refractivity contribution in [1.82, 2.24) is 9.78 Å². The van der Waals surface area contributed by atoms with Gasteiger partial charge < -0.3 is 5.32 Å². The van der Waals surface area contributed by atoms with Crippen LogP contribution in [0.15, 0.2) is 36.5 Å². The maximum absolute atomic E-state index is 12.6. The third-order valence-corrected chi connectivity index (χ3v) is 2.57. The van der Waals surface area contributed by atoms with Crippen LogP contribution < -0.4 is 5.32 Å². The molecule has 0 radical (unpaired) electrons. The number of hydrogen-bond donors (Lipinski definition) is 1. The first-order valence-electron chi connectivity index (χ1n) is 5.79. The van der Waals surface area contributed by atoms with Gasteiger partial charge in [0.2, 0.25) is 0 Å². The number of carbonyl (C=O) groups is 1. The van der Waals surface area contributed by atoms with E-state index in [2.05, 4.69) is 10.4 Å². The number of aromatic nitrogens is 2. The monoisotopic (exact) mass is 294 g/mol. The van der Waals surface area contributed by atoms with Gasteiger partial charge in [-0.15, -0.1) is 0 Å². The SMILES string of the molecule is N#CCn1ccc(NC(=O)c2cccc(C(F)(F)F)c2)n1. The molecule has 8 heteroatoms. The third kappa shape index (κ3) is 3.60. The predicted octanol–water partition coefficient (Wildman–Crippen LogP) is 2.68. The maximum Gasteiger partial charge on any atom is 0.416 e. The number of nitriles is 1. The molecule has 0 aliphatic rings. The molecule has 0 saturated heterocycles. The van der Waals surface area contributed by atoms with Crippen LogP contribution in [0, 0.1) is 11.3 Å². The van der Waals surface area contributed by atoms with Gasteiger partial charge in [-0.1, -0.05) is 6.07 Å². The summed E-state index contributed by atoms with van der Waals surface area (Å²) in [6.45, 7) is 0.0133. The second-order valence-electron chi connectivity index (χ2n) is 4.09. The Hall–Kier alpha value is -2.82. The smallest absolute Gasteiger partial charge is 0.305 e. The van der Waals surface area contributed by atoms with Gasteiger partial charge in [0.05, 0.1) is 11.6 Å². The van der Waals surface area contributed by atoms with Crippen LogP contribution >= 0.6 is 0 Å². The lowest BCUT2D eigenvalue weighted by molar-refractivity contribution is -0.137. The summed E-state index contributed by atoms with van der Waals surface area (Å²) < 4.78 is 39.0. The van der Waals surface area contributed by atoms with Crippen molar-refractivity contribution >= 4 is 11.7 Å². The van der Waals surface area contributed by atoms with E-state index in [1.54, 1.807) is 0 Å². The molecule has 0 aliphatic heterocycles. The Balaban J connectivity index is 2.15. The fourth-order valence-electron chi connectivity index (χ4n) is 1.61. The Morgan fingerprint density at radius 3 is 2.81 bits per heavy atom. The van der Waals surface area contributed by atoms with Crippen LogP contribution in [0.1, 0.15) is 15.9 Å². The molecule has 1 amide bonds. The molecule has 0 aliphatic carbocycles. The number of nitrogens with zero attached hydrogens (tertiary/aromatic N) is 3.